The van der Waals surface area contributed by atoms with Crippen molar-refractivity contribution >= 4 is 28.4 Å². The smallest absolute Gasteiger partial charge is 0.255 e. The molecule has 1 amide bonds. The summed E-state index contributed by atoms with van der Waals surface area (Å²) in [6.45, 7) is 6.89. The number of piperazine rings is 1. The Bertz CT molecular complexity index is 1410. The lowest BCUT2D eigenvalue weighted by Gasteiger charge is -2.34. The first-order valence-corrected chi connectivity index (χ1v) is 12.3. The van der Waals surface area contributed by atoms with Crippen molar-refractivity contribution in [1.82, 2.24) is 29.3 Å². The Morgan fingerprint density at radius 3 is 2.56 bits per heavy atom. The van der Waals surface area contributed by atoms with Crippen LogP contribution in [0.2, 0.25) is 5.02 Å². The van der Waals surface area contributed by atoms with Gasteiger partial charge in [0.2, 0.25) is 0 Å². The third kappa shape index (κ3) is 4.84. The average molecular weight is 505 g/mol. The van der Waals surface area contributed by atoms with Gasteiger partial charge in [0, 0.05) is 74.8 Å². The van der Waals surface area contributed by atoms with Crippen molar-refractivity contribution in [3.05, 3.63) is 77.1 Å². The number of pyridine rings is 1. The van der Waals surface area contributed by atoms with Crippen LogP contribution in [0.5, 0.6) is 0 Å². The molecule has 1 saturated heterocycles. The van der Waals surface area contributed by atoms with Gasteiger partial charge in [0.25, 0.3) is 5.91 Å². The largest absolute Gasteiger partial charge is 0.382 e. The minimum Gasteiger partial charge on any atom is -0.382 e. The van der Waals surface area contributed by atoms with Crippen molar-refractivity contribution in [2.24, 2.45) is 7.05 Å². The third-order valence-corrected chi connectivity index (χ3v) is 6.87. The van der Waals surface area contributed by atoms with E-state index in [0.29, 0.717) is 35.2 Å². The van der Waals surface area contributed by atoms with Gasteiger partial charge in [0.05, 0.1) is 22.0 Å². The van der Waals surface area contributed by atoms with Crippen LogP contribution in [-0.2, 0) is 19.2 Å². The van der Waals surface area contributed by atoms with E-state index in [1.54, 1.807) is 32.3 Å². The molecule has 4 aromatic rings. The van der Waals surface area contributed by atoms with E-state index in [4.69, 9.17) is 11.6 Å². The number of amides is 1. The number of halogens is 1. The second-order valence-electron chi connectivity index (χ2n) is 9.72. The van der Waals surface area contributed by atoms with Gasteiger partial charge in [-0.25, -0.2) is 9.97 Å². The van der Waals surface area contributed by atoms with Gasteiger partial charge in [0.1, 0.15) is 5.60 Å². The van der Waals surface area contributed by atoms with Gasteiger partial charge in [-0.15, -0.1) is 0 Å². The van der Waals surface area contributed by atoms with Crippen LogP contribution in [0.1, 0.15) is 35.7 Å². The van der Waals surface area contributed by atoms with Gasteiger partial charge < -0.3 is 14.6 Å². The molecule has 8 nitrogen and oxygen atoms in total. The summed E-state index contributed by atoms with van der Waals surface area (Å²) in [6, 6.07) is 11.4. The first-order chi connectivity index (χ1) is 17.2. The fourth-order valence-corrected chi connectivity index (χ4v) is 4.81. The van der Waals surface area contributed by atoms with Gasteiger partial charge in [-0.1, -0.05) is 17.7 Å². The van der Waals surface area contributed by atoms with Crippen LogP contribution in [0, 0.1) is 0 Å². The van der Waals surface area contributed by atoms with Crippen LogP contribution in [0.3, 0.4) is 0 Å². The highest BCUT2D eigenvalue weighted by Gasteiger charge is 2.26. The Balaban J connectivity index is 1.41. The number of carbonyl (C=O) groups excluding carboxylic acids is 1. The Labute approximate surface area is 215 Å². The number of fused-ring (bicyclic) bond motifs is 1. The maximum atomic E-state index is 13.5. The number of benzene rings is 1. The topological polar surface area (TPSA) is 87.4 Å². The lowest BCUT2D eigenvalue weighted by atomic mass is 10.0. The van der Waals surface area contributed by atoms with Crippen LogP contribution < -0.4 is 0 Å². The summed E-state index contributed by atoms with van der Waals surface area (Å²) in [5.41, 5.74) is 2.77. The standard InChI is InChI=1S/C27H29ClN6O2/c1-27(2,36)26-30-9-7-23(31-26)21-17-32(3)24-15-22(28)20(14-19(21)24)25(35)34-12-10-33(11-13-34)16-18-6-4-5-8-29-18/h4-9,14-15,17,36H,10-13,16H2,1-3H3. The molecular formula is C27H29ClN6O2. The lowest BCUT2D eigenvalue weighted by Crippen LogP contribution is -2.48. The highest BCUT2D eigenvalue weighted by atomic mass is 35.5. The van der Waals surface area contributed by atoms with Gasteiger partial charge in [0.15, 0.2) is 5.82 Å². The number of hydrogen-bond donors (Lipinski definition) is 1. The quantitative estimate of drug-likeness (QED) is 0.444. The number of carbonyl (C=O) groups is 1. The number of aromatic nitrogens is 4. The average Bonchev–Trinajstić information content (AvgIpc) is 3.19. The van der Waals surface area contributed by atoms with E-state index < -0.39 is 5.60 Å². The van der Waals surface area contributed by atoms with E-state index in [1.807, 2.05) is 53.0 Å². The second-order valence-corrected chi connectivity index (χ2v) is 10.1. The van der Waals surface area contributed by atoms with Crippen LogP contribution >= 0.6 is 11.6 Å². The molecule has 3 aromatic heterocycles. The molecule has 1 N–H and O–H groups in total. The second kappa shape index (κ2) is 9.61. The molecule has 1 aliphatic rings. The van der Waals surface area contributed by atoms with Crippen LogP contribution in [0.25, 0.3) is 22.2 Å². The molecule has 186 valence electrons. The zero-order valence-electron chi connectivity index (χ0n) is 20.6. The molecule has 0 saturated carbocycles. The lowest BCUT2D eigenvalue weighted by molar-refractivity contribution is 0.0627. The number of hydrogen-bond acceptors (Lipinski definition) is 6. The van der Waals surface area contributed by atoms with E-state index in [2.05, 4.69) is 19.9 Å². The van der Waals surface area contributed by atoms with Crippen molar-refractivity contribution in [1.29, 1.82) is 0 Å². The van der Waals surface area contributed by atoms with Crippen LogP contribution in [-0.4, -0.2) is 66.5 Å². The molecule has 0 bridgehead atoms. The molecule has 1 aromatic carbocycles. The molecular weight excluding hydrogens is 476 g/mol. The first kappa shape index (κ1) is 24.4. The van der Waals surface area contributed by atoms with E-state index in [1.165, 1.54) is 0 Å². The summed E-state index contributed by atoms with van der Waals surface area (Å²) in [5.74, 6) is 0.264. The number of aryl methyl sites for hydroxylation is 1. The predicted octanol–water partition coefficient (Wildman–Crippen LogP) is 3.87. The zero-order chi connectivity index (χ0) is 25.4. The monoisotopic (exact) mass is 504 g/mol. The zero-order valence-corrected chi connectivity index (χ0v) is 21.4. The number of nitrogens with zero attached hydrogens (tertiary/aromatic N) is 6. The third-order valence-electron chi connectivity index (χ3n) is 6.56. The summed E-state index contributed by atoms with van der Waals surface area (Å²) in [4.78, 5) is 30.9. The molecule has 5 rings (SSSR count). The van der Waals surface area contributed by atoms with Crippen molar-refractivity contribution in [2.45, 2.75) is 26.0 Å². The Morgan fingerprint density at radius 1 is 1.08 bits per heavy atom. The SMILES string of the molecule is Cn1cc(-c2ccnc(C(C)(C)O)n2)c2cc(C(=O)N3CCN(Cc4ccccn4)CC3)c(Cl)cc21. The molecule has 0 atom stereocenters. The maximum absolute atomic E-state index is 13.5. The molecule has 4 heterocycles. The highest BCUT2D eigenvalue weighted by molar-refractivity contribution is 6.34. The van der Waals surface area contributed by atoms with Gasteiger partial charge >= 0.3 is 0 Å². The summed E-state index contributed by atoms with van der Waals surface area (Å²) in [7, 11) is 1.93. The molecule has 0 spiro atoms. The first-order valence-electron chi connectivity index (χ1n) is 12.0. The molecule has 0 unspecified atom stereocenters. The minimum atomic E-state index is -1.16. The molecule has 1 fully saturated rings. The number of aliphatic hydroxyl groups is 1. The maximum Gasteiger partial charge on any atom is 0.255 e. The van der Waals surface area contributed by atoms with E-state index in [0.717, 1.165) is 41.8 Å². The summed E-state index contributed by atoms with van der Waals surface area (Å²) >= 11 is 6.63. The fourth-order valence-electron chi connectivity index (χ4n) is 4.57. The Kier molecular flexibility index (Phi) is 6.51. The van der Waals surface area contributed by atoms with Crippen molar-refractivity contribution < 1.29 is 9.90 Å². The van der Waals surface area contributed by atoms with Crippen LogP contribution in [0.4, 0.5) is 0 Å². The fraction of sp³-hybridized carbons (Fsp3) is 0.333. The molecule has 0 radical (unpaired) electrons. The van der Waals surface area contributed by atoms with E-state index in [-0.39, 0.29) is 5.91 Å². The summed E-state index contributed by atoms with van der Waals surface area (Å²) < 4.78 is 1.97. The van der Waals surface area contributed by atoms with Gasteiger partial charge in [-0.05, 0) is 44.2 Å². The molecule has 36 heavy (non-hydrogen) atoms. The summed E-state index contributed by atoms with van der Waals surface area (Å²) in [5, 5.41) is 11.7. The van der Waals surface area contributed by atoms with Crippen molar-refractivity contribution in [3.63, 3.8) is 0 Å². The number of rotatable bonds is 5. The minimum absolute atomic E-state index is 0.0749. The Hall–Kier alpha value is -3.33. The molecule has 9 heteroatoms. The highest BCUT2D eigenvalue weighted by Crippen LogP contribution is 2.34. The van der Waals surface area contributed by atoms with Gasteiger partial charge in [-0.3, -0.25) is 14.7 Å². The predicted molar refractivity (Wildman–Crippen MR) is 140 cm³/mol. The van der Waals surface area contributed by atoms with Gasteiger partial charge in [-0.2, -0.15) is 0 Å². The van der Waals surface area contributed by atoms with E-state index >= 15 is 0 Å². The summed E-state index contributed by atoms with van der Waals surface area (Å²) in [6.07, 6.45) is 5.40. The normalized spacial score (nSPS) is 15.0. The van der Waals surface area contributed by atoms with Crippen LogP contribution in [0.15, 0.2) is 55.0 Å². The van der Waals surface area contributed by atoms with E-state index in [9.17, 15) is 9.90 Å². The molecule has 1 aliphatic heterocycles. The van der Waals surface area contributed by atoms with Crippen molar-refractivity contribution in [2.75, 3.05) is 26.2 Å². The Morgan fingerprint density at radius 2 is 1.86 bits per heavy atom. The molecule has 0 aliphatic carbocycles. The van der Waals surface area contributed by atoms with Crippen molar-refractivity contribution in [3.8, 4) is 11.3 Å².